The van der Waals surface area contributed by atoms with Crippen molar-refractivity contribution in [3.05, 3.63) is 50.4 Å². The Balaban J connectivity index is 1.97. The highest BCUT2D eigenvalue weighted by molar-refractivity contribution is 6.04. The number of allylic oxidation sites excluding steroid dienone is 3. The molecule has 0 aromatic heterocycles. The first-order valence-electron chi connectivity index (χ1n) is 10.5. The minimum Gasteiger partial charge on any atom is -0.460 e. The van der Waals surface area contributed by atoms with Gasteiger partial charge in [0.25, 0.3) is 5.69 Å². The molecule has 0 amide bonds. The summed E-state index contributed by atoms with van der Waals surface area (Å²) in [7, 11) is 0. The average Bonchev–Trinajstić information content (AvgIpc) is 3.11. The molecule has 0 spiro atoms. The number of hydrogen-bond donors (Lipinski definition) is 1. The Morgan fingerprint density at radius 2 is 1.91 bits per heavy atom. The van der Waals surface area contributed by atoms with Gasteiger partial charge in [-0.1, -0.05) is 13.8 Å². The number of esters is 1. The van der Waals surface area contributed by atoms with Crippen LogP contribution in [-0.2, 0) is 14.3 Å². The van der Waals surface area contributed by atoms with E-state index < -0.39 is 22.9 Å². The maximum atomic E-state index is 13.3. The molecule has 0 saturated carbocycles. The Morgan fingerprint density at radius 3 is 2.53 bits per heavy atom. The van der Waals surface area contributed by atoms with Gasteiger partial charge in [0.2, 0.25) is 6.79 Å². The zero-order valence-electron chi connectivity index (χ0n) is 18.7. The molecule has 0 fully saturated rings. The van der Waals surface area contributed by atoms with E-state index in [1.54, 1.807) is 20.8 Å². The number of dihydropyridines is 1. The van der Waals surface area contributed by atoms with Crippen LogP contribution >= 0.6 is 0 Å². The van der Waals surface area contributed by atoms with Gasteiger partial charge in [0, 0.05) is 29.0 Å². The van der Waals surface area contributed by atoms with Gasteiger partial charge in [-0.3, -0.25) is 14.9 Å². The highest BCUT2D eigenvalue weighted by Gasteiger charge is 2.45. The second kappa shape index (κ2) is 7.65. The lowest BCUT2D eigenvalue weighted by molar-refractivity contribution is -0.385. The van der Waals surface area contributed by atoms with Crippen LogP contribution in [0.25, 0.3) is 0 Å². The zero-order chi connectivity index (χ0) is 23.4. The summed E-state index contributed by atoms with van der Waals surface area (Å²) in [4.78, 5) is 38.0. The Hall–Kier alpha value is -3.36. The number of nitrogens with zero attached hydrogens (tertiary/aromatic N) is 1. The van der Waals surface area contributed by atoms with Crippen LogP contribution in [0, 0.1) is 15.5 Å². The summed E-state index contributed by atoms with van der Waals surface area (Å²) in [6.45, 7) is 9.10. The predicted octanol–water partition coefficient (Wildman–Crippen LogP) is 3.88. The summed E-state index contributed by atoms with van der Waals surface area (Å²) in [6.07, 6.45) is 0.451. The molecule has 0 bridgehead atoms. The monoisotopic (exact) mass is 442 g/mol. The molecule has 170 valence electrons. The van der Waals surface area contributed by atoms with E-state index in [-0.39, 0.29) is 47.0 Å². The van der Waals surface area contributed by atoms with Crippen molar-refractivity contribution in [1.82, 2.24) is 5.32 Å². The van der Waals surface area contributed by atoms with Gasteiger partial charge in [0.15, 0.2) is 17.3 Å². The standard InChI is InChI=1S/C23H26N2O7/c1-11(2)32-22(27)19-12(3)24-14-8-23(4,5)9-16(26)21(14)20(19)13-6-17-18(31-10-30-17)7-15(13)25(28)29/h6-7,11,20,24H,8-10H2,1-5H3. The molecule has 4 rings (SSSR count). The van der Waals surface area contributed by atoms with Gasteiger partial charge in [-0.2, -0.15) is 0 Å². The summed E-state index contributed by atoms with van der Waals surface area (Å²) < 4.78 is 16.2. The summed E-state index contributed by atoms with van der Waals surface area (Å²) in [5, 5.41) is 15.2. The van der Waals surface area contributed by atoms with Crippen LogP contribution < -0.4 is 14.8 Å². The molecule has 0 radical (unpaired) electrons. The fraction of sp³-hybridized carbons (Fsp3) is 0.478. The van der Waals surface area contributed by atoms with Crippen molar-refractivity contribution in [2.45, 2.75) is 59.5 Å². The number of rotatable bonds is 4. The van der Waals surface area contributed by atoms with Crippen LogP contribution in [0.2, 0.25) is 0 Å². The predicted molar refractivity (Wildman–Crippen MR) is 114 cm³/mol. The Labute approximate surface area is 185 Å². The number of carbonyl (C=O) groups is 2. The molecule has 1 aliphatic carbocycles. The normalized spacial score (nSPS) is 21.4. The Bertz CT molecular complexity index is 1100. The number of fused-ring (bicyclic) bond motifs is 1. The summed E-state index contributed by atoms with van der Waals surface area (Å²) in [5.41, 5.74) is 1.44. The third-order valence-electron chi connectivity index (χ3n) is 5.83. The van der Waals surface area contributed by atoms with E-state index >= 15 is 0 Å². The van der Waals surface area contributed by atoms with Gasteiger partial charge in [0.1, 0.15) is 0 Å². The molecule has 0 saturated heterocycles. The second-order valence-corrected chi connectivity index (χ2v) is 9.41. The fourth-order valence-corrected chi connectivity index (χ4v) is 4.63. The van der Waals surface area contributed by atoms with Gasteiger partial charge in [0.05, 0.1) is 28.6 Å². The highest BCUT2D eigenvalue weighted by atomic mass is 16.7. The van der Waals surface area contributed by atoms with Crippen LogP contribution in [0.5, 0.6) is 11.5 Å². The van der Waals surface area contributed by atoms with Crippen molar-refractivity contribution < 1.29 is 28.7 Å². The van der Waals surface area contributed by atoms with Crippen molar-refractivity contribution in [2.24, 2.45) is 5.41 Å². The van der Waals surface area contributed by atoms with Gasteiger partial charge >= 0.3 is 5.97 Å². The largest absolute Gasteiger partial charge is 0.460 e. The molecular formula is C23H26N2O7. The first kappa shape index (κ1) is 21.9. The van der Waals surface area contributed by atoms with Crippen LogP contribution in [0.4, 0.5) is 5.69 Å². The Kier molecular flexibility index (Phi) is 5.22. The smallest absolute Gasteiger partial charge is 0.337 e. The number of ketones is 1. The maximum absolute atomic E-state index is 13.3. The number of carbonyl (C=O) groups excluding carboxylic acids is 2. The minimum absolute atomic E-state index is 0.0552. The molecular weight excluding hydrogens is 416 g/mol. The fourth-order valence-electron chi connectivity index (χ4n) is 4.63. The number of nitro groups is 1. The molecule has 9 nitrogen and oxygen atoms in total. The van der Waals surface area contributed by atoms with Gasteiger partial charge in [-0.25, -0.2) is 4.79 Å². The average molecular weight is 442 g/mol. The van der Waals surface area contributed by atoms with Crippen LogP contribution in [0.15, 0.2) is 34.7 Å². The number of benzene rings is 1. The van der Waals surface area contributed by atoms with E-state index in [9.17, 15) is 19.7 Å². The molecule has 1 atom stereocenters. The molecule has 1 aromatic rings. The van der Waals surface area contributed by atoms with Crippen molar-refractivity contribution in [3.8, 4) is 11.5 Å². The minimum atomic E-state index is -0.948. The number of hydrogen-bond acceptors (Lipinski definition) is 8. The lowest BCUT2D eigenvalue weighted by Gasteiger charge is -2.39. The third kappa shape index (κ3) is 3.72. The molecule has 3 aliphatic rings. The molecule has 32 heavy (non-hydrogen) atoms. The molecule has 9 heteroatoms. The molecule has 1 N–H and O–H groups in total. The van der Waals surface area contributed by atoms with E-state index in [0.29, 0.717) is 29.1 Å². The molecule has 1 aromatic carbocycles. The van der Waals surface area contributed by atoms with Gasteiger partial charge in [-0.15, -0.1) is 0 Å². The van der Waals surface area contributed by atoms with E-state index in [1.165, 1.54) is 12.1 Å². The van der Waals surface area contributed by atoms with Crippen LogP contribution in [-0.4, -0.2) is 29.6 Å². The van der Waals surface area contributed by atoms with Crippen LogP contribution in [0.3, 0.4) is 0 Å². The van der Waals surface area contributed by atoms with Gasteiger partial charge < -0.3 is 19.5 Å². The van der Waals surface area contributed by atoms with E-state index in [0.717, 1.165) is 0 Å². The van der Waals surface area contributed by atoms with Crippen molar-refractivity contribution in [3.63, 3.8) is 0 Å². The quantitative estimate of drug-likeness (QED) is 0.424. The van der Waals surface area contributed by atoms with E-state index in [2.05, 4.69) is 5.32 Å². The lowest BCUT2D eigenvalue weighted by Crippen LogP contribution is -2.39. The summed E-state index contributed by atoms with van der Waals surface area (Å²) in [5.74, 6) is -1.12. The number of ether oxygens (including phenoxy) is 3. The SMILES string of the molecule is CC1=C(C(=O)OC(C)C)C(c2cc3c(cc2[N+](=O)[O-])OCO3)C2=C(CC(C)(C)CC2=O)N1. The van der Waals surface area contributed by atoms with Crippen molar-refractivity contribution >= 4 is 17.4 Å². The van der Waals surface area contributed by atoms with Crippen molar-refractivity contribution in [1.29, 1.82) is 0 Å². The second-order valence-electron chi connectivity index (χ2n) is 9.41. The first-order valence-corrected chi connectivity index (χ1v) is 10.5. The Morgan fingerprint density at radius 1 is 1.25 bits per heavy atom. The first-order chi connectivity index (χ1) is 15.0. The van der Waals surface area contributed by atoms with Crippen molar-refractivity contribution in [2.75, 3.05) is 6.79 Å². The third-order valence-corrected chi connectivity index (χ3v) is 5.83. The molecule has 2 aliphatic heterocycles. The zero-order valence-corrected chi connectivity index (χ0v) is 18.7. The topological polar surface area (TPSA) is 117 Å². The van der Waals surface area contributed by atoms with Gasteiger partial charge in [-0.05, 0) is 38.7 Å². The van der Waals surface area contributed by atoms with E-state index in [4.69, 9.17) is 14.2 Å². The highest BCUT2D eigenvalue weighted by Crippen LogP contribution is 2.51. The van der Waals surface area contributed by atoms with Crippen LogP contribution in [0.1, 0.15) is 58.9 Å². The number of Topliss-reactive ketones (excluding diaryl/α,β-unsaturated/α-hetero) is 1. The van der Waals surface area contributed by atoms with E-state index in [1.807, 2.05) is 13.8 Å². The summed E-state index contributed by atoms with van der Waals surface area (Å²) in [6, 6.07) is 2.79. The number of nitro benzene ring substituents is 1. The molecule has 2 heterocycles. The molecule has 1 unspecified atom stereocenters. The maximum Gasteiger partial charge on any atom is 0.337 e. The number of nitrogens with one attached hydrogen (secondary N) is 1. The lowest BCUT2D eigenvalue weighted by atomic mass is 9.68. The summed E-state index contributed by atoms with van der Waals surface area (Å²) >= 11 is 0.